The second-order valence-electron chi connectivity index (χ2n) is 5.68. The van der Waals surface area contributed by atoms with Crippen LogP contribution in [0.25, 0.3) is 0 Å². The van der Waals surface area contributed by atoms with Crippen LogP contribution in [-0.4, -0.2) is 28.5 Å². The molecular weight excluding hydrogens is 250 g/mol. The van der Waals surface area contributed by atoms with Gasteiger partial charge >= 0.3 is 0 Å². The van der Waals surface area contributed by atoms with Crippen LogP contribution in [0.4, 0.5) is 0 Å². The molecular formula is C16H25N3O. The molecule has 20 heavy (non-hydrogen) atoms. The summed E-state index contributed by atoms with van der Waals surface area (Å²) in [5.41, 5.74) is 8.95. The second-order valence-corrected chi connectivity index (χ2v) is 5.68. The van der Waals surface area contributed by atoms with Crippen molar-refractivity contribution in [1.29, 1.82) is 0 Å². The Hall–Kier alpha value is -1.55. The summed E-state index contributed by atoms with van der Waals surface area (Å²) in [5, 5.41) is 11.8. The van der Waals surface area contributed by atoms with E-state index in [1.807, 2.05) is 12.1 Å². The average Bonchev–Trinajstić information content (AvgIpc) is 3.28. The summed E-state index contributed by atoms with van der Waals surface area (Å²) >= 11 is 0. The fourth-order valence-corrected chi connectivity index (χ4v) is 2.50. The number of oxime groups is 1. The molecule has 0 spiro atoms. The topological polar surface area (TPSA) is 61.8 Å². The quantitative estimate of drug-likeness (QED) is 0.348. The van der Waals surface area contributed by atoms with Crippen molar-refractivity contribution in [1.82, 2.24) is 4.90 Å². The van der Waals surface area contributed by atoms with Crippen LogP contribution in [0, 0.1) is 6.92 Å². The summed E-state index contributed by atoms with van der Waals surface area (Å²) < 4.78 is 0. The summed E-state index contributed by atoms with van der Waals surface area (Å²) in [5.74, 6) is 0.171. The van der Waals surface area contributed by atoms with Crippen molar-refractivity contribution in [3.05, 3.63) is 34.9 Å². The summed E-state index contributed by atoms with van der Waals surface area (Å²) in [6, 6.07) is 6.81. The van der Waals surface area contributed by atoms with Gasteiger partial charge in [0, 0.05) is 18.2 Å². The number of hydrogen-bond donors (Lipinski definition) is 2. The average molecular weight is 275 g/mol. The number of benzene rings is 1. The van der Waals surface area contributed by atoms with Gasteiger partial charge in [0.25, 0.3) is 0 Å². The Morgan fingerprint density at radius 2 is 2.20 bits per heavy atom. The molecule has 0 radical (unpaired) electrons. The second kappa shape index (κ2) is 6.75. The predicted octanol–water partition coefficient (Wildman–Crippen LogP) is 2.85. The molecule has 1 aliphatic carbocycles. The minimum atomic E-state index is 0.171. The number of nitrogens with two attached hydrogens (primary N) is 1. The standard InChI is InChI=1S/C16H25N3O/c1-3-4-9-19(15-7-8-15)11-14-6-5-13(10-12(14)2)16(17)18-20/h5-6,10,15,20H,3-4,7-9,11H2,1-2H3,(H2,17,18). The summed E-state index contributed by atoms with van der Waals surface area (Å²) in [6.07, 6.45) is 5.18. The maximum Gasteiger partial charge on any atom is 0.170 e. The number of aryl methyl sites for hydroxylation is 1. The smallest absolute Gasteiger partial charge is 0.170 e. The summed E-state index contributed by atoms with van der Waals surface area (Å²) in [7, 11) is 0. The van der Waals surface area contributed by atoms with Gasteiger partial charge in [-0.1, -0.05) is 30.6 Å². The maximum atomic E-state index is 8.73. The molecule has 0 bridgehead atoms. The van der Waals surface area contributed by atoms with Gasteiger partial charge in [0.15, 0.2) is 5.84 Å². The molecule has 0 saturated heterocycles. The molecule has 1 saturated carbocycles. The molecule has 1 aliphatic rings. The van der Waals surface area contributed by atoms with E-state index in [1.54, 1.807) is 0 Å². The van der Waals surface area contributed by atoms with E-state index in [9.17, 15) is 0 Å². The van der Waals surface area contributed by atoms with Crippen molar-refractivity contribution in [3.63, 3.8) is 0 Å². The van der Waals surface area contributed by atoms with E-state index in [0.717, 1.165) is 18.2 Å². The predicted molar refractivity (Wildman–Crippen MR) is 82.0 cm³/mol. The van der Waals surface area contributed by atoms with Crippen LogP contribution in [0.15, 0.2) is 23.4 Å². The zero-order valence-corrected chi connectivity index (χ0v) is 12.5. The Labute approximate surface area is 121 Å². The van der Waals surface area contributed by atoms with Gasteiger partial charge < -0.3 is 10.9 Å². The molecule has 0 heterocycles. The lowest BCUT2D eigenvalue weighted by molar-refractivity contribution is 0.250. The molecule has 0 amide bonds. The van der Waals surface area contributed by atoms with Crippen LogP contribution in [0.1, 0.15) is 49.3 Å². The first-order valence-electron chi connectivity index (χ1n) is 7.47. The van der Waals surface area contributed by atoms with Crippen LogP contribution >= 0.6 is 0 Å². The number of unbranched alkanes of at least 4 members (excludes halogenated alkanes) is 1. The van der Waals surface area contributed by atoms with E-state index < -0.39 is 0 Å². The van der Waals surface area contributed by atoms with Crippen LogP contribution < -0.4 is 5.73 Å². The van der Waals surface area contributed by atoms with Gasteiger partial charge in [-0.2, -0.15) is 0 Å². The van der Waals surface area contributed by atoms with Gasteiger partial charge in [-0.25, -0.2) is 0 Å². The van der Waals surface area contributed by atoms with Gasteiger partial charge in [-0.05, 0) is 49.9 Å². The van der Waals surface area contributed by atoms with E-state index in [1.165, 1.54) is 43.4 Å². The molecule has 0 atom stereocenters. The maximum absolute atomic E-state index is 8.73. The first-order chi connectivity index (χ1) is 9.65. The molecule has 0 unspecified atom stereocenters. The highest BCUT2D eigenvalue weighted by Gasteiger charge is 2.28. The van der Waals surface area contributed by atoms with Crippen LogP contribution in [-0.2, 0) is 6.54 Å². The third kappa shape index (κ3) is 3.73. The monoisotopic (exact) mass is 275 g/mol. The fourth-order valence-electron chi connectivity index (χ4n) is 2.50. The molecule has 4 heteroatoms. The minimum Gasteiger partial charge on any atom is -0.409 e. The summed E-state index contributed by atoms with van der Waals surface area (Å²) in [4.78, 5) is 2.59. The number of nitrogens with zero attached hydrogens (tertiary/aromatic N) is 2. The lowest BCUT2D eigenvalue weighted by Crippen LogP contribution is -2.27. The molecule has 4 nitrogen and oxygen atoms in total. The molecule has 2 rings (SSSR count). The minimum absolute atomic E-state index is 0.171. The zero-order valence-electron chi connectivity index (χ0n) is 12.5. The highest BCUT2D eigenvalue weighted by atomic mass is 16.4. The van der Waals surface area contributed by atoms with Crippen molar-refractivity contribution >= 4 is 5.84 Å². The largest absolute Gasteiger partial charge is 0.409 e. The van der Waals surface area contributed by atoms with E-state index in [2.05, 4.69) is 30.0 Å². The third-order valence-corrected chi connectivity index (χ3v) is 3.98. The van der Waals surface area contributed by atoms with Gasteiger partial charge in [-0.15, -0.1) is 0 Å². The molecule has 3 N–H and O–H groups in total. The number of rotatable bonds is 7. The van der Waals surface area contributed by atoms with Crippen molar-refractivity contribution in [3.8, 4) is 0 Å². The number of amidine groups is 1. The van der Waals surface area contributed by atoms with Gasteiger partial charge in [0.05, 0.1) is 0 Å². The fraction of sp³-hybridized carbons (Fsp3) is 0.562. The highest BCUT2D eigenvalue weighted by molar-refractivity contribution is 5.97. The Morgan fingerprint density at radius 1 is 1.45 bits per heavy atom. The first kappa shape index (κ1) is 14.9. The van der Waals surface area contributed by atoms with Crippen LogP contribution in [0.2, 0.25) is 0 Å². The highest BCUT2D eigenvalue weighted by Crippen LogP contribution is 2.29. The van der Waals surface area contributed by atoms with Crippen molar-refractivity contribution in [2.45, 2.75) is 52.1 Å². The third-order valence-electron chi connectivity index (χ3n) is 3.98. The van der Waals surface area contributed by atoms with Crippen molar-refractivity contribution in [2.24, 2.45) is 10.9 Å². The molecule has 1 aromatic carbocycles. The van der Waals surface area contributed by atoms with Gasteiger partial charge in [0.1, 0.15) is 0 Å². The molecule has 110 valence electrons. The van der Waals surface area contributed by atoms with E-state index in [4.69, 9.17) is 10.9 Å². The Bertz CT molecular complexity index is 481. The van der Waals surface area contributed by atoms with E-state index in [0.29, 0.717) is 0 Å². The molecule has 0 aromatic heterocycles. The van der Waals surface area contributed by atoms with Crippen molar-refractivity contribution < 1.29 is 5.21 Å². The van der Waals surface area contributed by atoms with Gasteiger partial charge in [0.2, 0.25) is 0 Å². The SMILES string of the molecule is CCCCN(Cc1ccc(/C(N)=N/O)cc1C)C1CC1. The van der Waals surface area contributed by atoms with Crippen molar-refractivity contribution in [2.75, 3.05) is 6.54 Å². The van der Waals surface area contributed by atoms with E-state index in [-0.39, 0.29) is 5.84 Å². The van der Waals surface area contributed by atoms with Crippen LogP contribution in [0.3, 0.4) is 0 Å². The Morgan fingerprint density at radius 3 is 2.75 bits per heavy atom. The number of hydrogen-bond acceptors (Lipinski definition) is 3. The molecule has 0 aliphatic heterocycles. The Kier molecular flexibility index (Phi) is 5.01. The van der Waals surface area contributed by atoms with Gasteiger partial charge in [-0.3, -0.25) is 4.90 Å². The lowest BCUT2D eigenvalue weighted by Gasteiger charge is -2.23. The molecule has 1 aromatic rings. The normalized spacial score (nSPS) is 15.8. The Balaban J connectivity index is 2.07. The zero-order chi connectivity index (χ0) is 14.5. The first-order valence-corrected chi connectivity index (χ1v) is 7.47. The molecule has 1 fully saturated rings. The summed E-state index contributed by atoms with van der Waals surface area (Å²) in [6.45, 7) is 6.52. The van der Waals surface area contributed by atoms with Crippen LogP contribution in [0.5, 0.6) is 0 Å². The lowest BCUT2D eigenvalue weighted by atomic mass is 10.0. The van der Waals surface area contributed by atoms with E-state index >= 15 is 0 Å².